The number of nitrogens with zero attached hydrogens (tertiary/aromatic N) is 3. The lowest BCUT2D eigenvalue weighted by atomic mass is 9.81. The molecule has 1 heterocycles. The largest absolute Gasteiger partial charge is 0.379 e. The van der Waals surface area contributed by atoms with Crippen molar-refractivity contribution in [2.75, 3.05) is 31.7 Å². The SMILES string of the molecule is C[C@@H]1CCC[C@@H](C)C1=NNc1ccc(S(=O)(=O)N2CCOCC2)cc1[N+](=O)[O-]. The molecule has 1 aliphatic heterocycles. The third kappa shape index (κ3) is 4.34. The van der Waals surface area contributed by atoms with Crippen LogP contribution in [0.4, 0.5) is 11.4 Å². The first-order chi connectivity index (χ1) is 13.3. The van der Waals surface area contributed by atoms with Crippen molar-refractivity contribution in [2.45, 2.75) is 38.0 Å². The van der Waals surface area contributed by atoms with E-state index in [0.717, 1.165) is 31.0 Å². The highest BCUT2D eigenvalue weighted by Crippen LogP contribution is 2.31. The Hall–Kier alpha value is -2.04. The number of hydrazone groups is 1. The third-order valence-electron chi connectivity index (χ3n) is 5.36. The maximum atomic E-state index is 12.8. The number of morpholine rings is 1. The van der Waals surface area contributed by atoms with E-state index in [9.17, 15) is 18.5 Å². The lowest BCUT2D eigenvalue weighted by molar-refractivity contribution is -0.384. The zero-order valence-corrected chi connectivity index (χ0v) is 16.9. The minimum absolute atomic E-state index is 0.0984. The molecule has 0 amide bonds. The first kappa shape index (κ1) is 20.7. The molecule has 10 heteroatoms. The molecule has 2 fully saturated rings. The zero-order chi connectivity index (χ0) is 20.3. The van der Waals surface area contributed by atoms with Crippen molar-refractivity contribution in [3.8, 4) is 0 Å². The molecule has 0 aromatic heterocycles. The Morgan fingerprint density at radius 3 is 2.46 bits per heavy atom. The minimum Gasteiger partial charge on any atom is -0.379 e. The van der Waals surface area contributed by atoms with Crippen molar-refractivity contribution in [1.29, 1.82) is 0 Å². The molecule has 0 radical (unpaired) electrons. The average Bonchev–Trinajstić information content (AvgIpc) is 2.68. The van der Waals surface area contributed by atoms with E-state index in [0.29, 0.717) is 25.0 Å². The molecule has 1 saturated carbocycles. The lowest BCUT2D eigenvalue weighted by Gasteiger charge is -2.26. The molecule has 1 aromatic carbocycles. The highest BCUT2D eigenvalue weighted by atomic mass is 32.2. The van der Waals surface area contributed by atoms with Crippen LogP contribution in [0.3, 0.4) is 0 Å². The van der Waals surface area contributed by atoms with Gasteiger partial charge in [0.15, 0.2) is 0 Å². The van der Waals surface area contributed by atoms with Gasteiger partial charge in [-0.2, -0.15) is 9.41 Å². The van der Waals surface area contributed by atoms with Crippen LogP contribution >= 0.6 is 0 Å². The standard InChI is InChI=1S/C18H26N4O5S/c1-13-4-3-5-14(2)18(13)20-19-16-7-6-15(12-17(16)22(23)24)28(25,26)21-8-10-27-11-9-21/h6-7,12-14,19H,3-5,8-11H2,1-2H3/t13-,14-/m1/s1. The number of sulfonamides is 1. The van der Waals surface area contributed by atoms with Crippen molar-refractivity contribution in [3.63, 3.8) is 0 Å². The van der Waals surface area contributed by atoms with Crippen LogP contribution < -0.4 is 5.43 Å². The Labute approximate surface area is 165 Å². The molecule has 0 unspecified atom stereocenters. The smallest absolute Gasteiger partial charge is 0.295 e. The number of rotatable bonds is 5. The molecule has 2 atom stereocenters. The van der Waals surface area contributed by atoms with Crippen molar-refractivity contribution in [2.24, 2.45) is 16.9 Å². The van der Waals surface area contributed by atoms with Gasteiger partial charge in [-0.15, -0.1) is 0 Å². The lowest BCUT2D eigenvalue weighted by Crippen LogP contribution is -2.40. The van der Waals surface area contributed by atoms with E-state index in [4.69, 9.17) is 4.74 Å². The van der Waals surface area contributed by atoms with Crippen molar-refractivity contribution in [1.82, 2.24) is 4.31 Å². The molecule has 1 aromatic rings. The van der Waals surface area contributed by atoms with Crippen LogP contribution in [0.2, 0.25) is 0 Å². The Morgan fingerprint density at radius 2 is 1.86 bits per heavy atom. The number of anilines is 1. The summed E-state index contributed by atoms with van der Waals surface area (Å²) in [6, 6.07) is 3.89. The van der Waals surface area contributed by atoms with E-state index in [1.165, 1.54) is 16.4 Å². The number of nitro benzene ring substituents is 1. The van der Waals surface area contributed by atoms with E-state index in [2.05, 4.69) is 24.4 Å². The summed E-state index contributed by atoms with van der Waals surface area (Å²) in [5, 5.41) is 16.0. The number of hydrogen-bond acceptors (Lipinski definition) is 7. The van der Waals surface area contributed by atoms with E-state index >= 15 is 0 Å². The number of nitro groups is 1. The van der Waals surface area contributed by atoms with Crippen LogP contribution in [-0.2, 0) is 14.8 Å². The molecule has 1 saturated heterocycles. The molecule has 1 N–H and O–H groups in total. The monoisotopic (exact) mass is 410 g/mol. The van der Waals surface area contributed by atoms with Crippen LogP contribution in [0, 0.1) is 22.0 Å². The summed E-state index contributed by atoms with van der Waals surface area (Å²) < 4.78 is 32.0. The van der Waals surface area contributed by atoms with Crippen molar-refractivity contribution >= 4 is 27.1 Å². The second kappa shape index (κ2) is 8.54. The van der Waals surface area contributed by atoms with Crippen LogP contribution in [0.5, 0.6) is 0 Å². The van der Waals surface area contributed by atoms with E-state index in [1.807, 2.05) is 0 Å². The van der Waals surface area contributed by atoms with Gasteiger partial charge in [0.05, 0.1) is 23.0 Å². The first-order valence-electron chi connectivity index (χ1n) is 9.50. The van der Waals surface area contributed by atoms with Gasteiger partial charge in [-0.05, 0) is 36.8 Å². The van der Waals surface area contributed by atoms with Gasteiger partial charge in [0.2, 0.25) is 10.0 Å². The molecule has 0 bridgehead atoms. The summed E-state index contributed by atoms with van der Waals surface area (Å²) in [6.45, 7) is 5.30. The fraction of sp³-hybridized carbons (Fsp3) is 0.611. The molecule has 1 aliphatic carbocycles. The molecule has 154 valence electrons. The maximum absolute atomic E-state index is 12.8. The summed E-state index contributed by atoms with van der Waals surface area (Å²) in [7, 11) is -3.80. The Balaban J connectivity index is 1.88. The highest BCUT2D eigenvalue weighted by Gasteiger charge is 2.29. The maximum Gasteiger partial charge on any atom is 0.295 e. The van der Waals surface area contributed by atoms with Gasteiger partial charge in [-0.3, -0.25) is 15.5 Å². The normalized spacial score (nSPS) is 24.0. The predicted octanol–water partition coefficient (Wildman–Crippen LogP) is 2.84. The van der Waals surface area contributed by atoms with Crippen LogP contribution in [-0.4, -0.2) is 49.7 Å². The molecular formula is C18H26N4O5S. The van der Waals surface area contributed by atoms with Crippen molar-refractivity contribution < 1.29 is 18.1 Å². The van der Waals surface area contributed by atoms with Gasteiger partial charge < -0.3 is 4.74 Å². The molecule has 28 heavy (non-hydrogen) atoms. The number of hydrogen-bond donors (Lipinski definition) is 1. The van der Waals surface area contributed by atoms with Gasteiger partial charge in [0.1, 0.15) is 5.69 Å². The van der Waals surface area contributed by atoms with Crippen LogP contribution in [0.25, 0.3) is 0 Å². The molecule has 9 nitrogen and oxygen atoms in total. The quantitative estimate of drug-likeness (QED) is 0.590. The summed E-state index contributed by atoms with van der Waals surface area (Å²) in [4.78, 5) is 10.9. The van der Waals surface area contributed by atoms with Gasteiger partial charge >= 0.3 is 0 Å². The summed E-state index contributed by atoms with van der Waals surface area (Å²) >= 11 is 0. The number of nitrogens with one attached hydrogen (secondary N) is 1. The number of benzene rings is 1. The molecule has 0 spiro atoms. The molecule has 2 aliphatic rings. The van der Waals surface area contributed by atoms with Crippen LogP contribution in [0.15, 0.2) is 28.2 Å². The Bertz CT molecular complexity index is 853. The third-order valence-corrected chi connectivity index (χ3v) is 7.26. The van der Waals surface area contributed by atoms with Gasteiger partial charge in [0, 0.05) is 24.9 Å². The predicted molar refractivity (Wildman–Crippen MR) is 106 cm³/mol. The summed E-state index contributed by atoms with van der Waals surface area (Å²) in [5.41, 5.74) is 3.67. The van der Waals surface area contributed by atoms with E-state index in [-0.39, 0.29) is 29.4 Å². The average molecular weight is 410 g/mol. The summed E-state index contributed by atoms with van der Waals surface area (Å²) in [5.74, 6) is 0.632. The van der Waals surface area contributed by atoms with Crippen LogP contribution in [0.1, 0.15) is 33.1 Å². The molecule has 3 rings (SSSR count). The highest BCUT2D eigenvalue weighted by molar-refractivity contribution is 7.89. The topological polar surface area (TPSA) is 114 Å². The second-order valence-corrected chi connectivity index (χ2v) is 9.27. The van der Waals surface area contributed by atoms with E-state index in [1.54, 1.807) is 0 Å². The fourth-order valence-corrected chi connectivity index (χ4v) is 5.14. The Kier molecular flexibility index (Phi) is 6.31. The van der Waals surface area contributed by atoms with Gasteiger partial charge in [-0.1, -0.05) is 20.3 Å². The first-order valence-corrected chi connectivity index (χ1v) is 10.9. The van der Waals surface area contributed by atoms with Gasteiger partial charge in [-0.25, -0.2) is 8.42 Å². The Morgan fingerprint density at radius 1 is 1.21 bits per heavy atom. The molecular weight excluding hydrogens is 384 g/mol. The zero-order valence-electron chi connectivity index (χ0n) is 16.1. The summed E-state index contributed by atoms with van der Waals surface area (Å²) in [6.07, 6.45) is 3.24. The van der Waals surface area contributed by atoms with E-state index < -0.39 is 14.9 Å². The fourth-order valence-electron chi connectivity index (χ4n) is 3.71. The second-order valence-electron chi connectivity index (χ2n) is 7.33. The van der Waals surface area contributed by atoms with Gasteiger partial charge in [0.25, 0.3) is 5.69 Å². The van der Waals surface area contributed by atoms with Crippen molar-refractivity contribution in [3.05, 3.63) is 28.3 Å². The number of ether oxygens (including phenoxy) is 1. The minimum atomic E-state index is -3.80.